The molecule has 0 atom stereocenters. The van der Waals surface area contributed by atoms with Crippen LogP contribution in [-0.4, -0.2) is 23.4 Å². The zero-order chi connectivity index (χ0) is 17.1. The lowest BCUT2D eigenvalue weighted by Gasteiger charge is -2.21. The van der Waals surface area contributed by atoms with Crippen molar-refractivity contribution in [3.63, 3.8) is 0 Å². The molecule has 0 aliphatic heterocycles. The zero-order valence-electron chi connectivity index (χ0n) is 12.9. The lowest BCUT2D eigenvalue weighted by atomic mass is 10.2. The van der Waals surface area contributed by atoms with Crippen molar-refractivity contribution in [2.24, 2.45) is 0 Å². The zero-order valence-corrected chi connectivity index (χ0v) is 14.4. The van der Waals surface area contributed by atoms with Crippen molar-refractivity contribution in [3.05, 3.63) is 63.9 Å². The molecule has 1 aliphatic rings. The van der Waals surface area contributed by atoms with Gasteiger partial charge in [0.1, 0.15) is 5.82 Å². The fourth-order valence-electron chi connectivity index (χ4n) is 2.55. The maximum absolute atomic E-state index is 13.0. The van der Waals surface area contributed by atoms with Crippen LogP contribution in [0.1, 0.15) is 18.4 Å². The Labute approximate surface area is 150 Å². The summed E-state index contributed by atoms with van der Waals surface area (Å²) in [5.41, 5.74) is 1.49. The van der Waals surface area contributed by atoms with E-state index in [-0.39, 0.29) is 18.3 Å². The third kappa shape index (κ3) is 4.69. The van der Waals surface area contributed by atoms with Crippen LogP contribution in [0.5, 0.6) is 0 Å². The van der Waals surface area contributed by atoms with Gasteiger partial charge in [-0.2, -0.15) is 0 Å². The molecule has 3 nitrogen and oxygen atoms in total. The molecule has 24 heavy (non-hydrogen) atoms. The fraction of sp³-hybridized carbons (Fsp3) is 0.278. The predicted octanol–water partition coefficient (Wildman–Crippen LogP) is 4.74. The second-order valence-corrected chi connectivity index (χ2v) is 6.78. The van der Waals surface area contributed by atoms with Gasteiger partial charge in [-0.3, -0.25) is 9.69 Å². The Hall–Kier alpha value is -1.62. The van der Waals surface area contributed by atoms with Gasteiger partial charge in [-0.05, 0) is 48.7 Å². The van der Waals surface area contributed by atoms with E-state index in [0.717, 1.165) is 18.4 Å². The molecule has 6 heteroatoms. The average Bonchev–Trinajstić information content (AvgIpc) is 3.37. The van der Waals surface area contributed by atoms with Crippen LogP contribution in [0.3, 0.4) is 0 Å². The third-order valence-corrected chi connectivity index (χ3v) is 4.48. The van der Waals surface area contributed by atoms with Gasteiger partial charge in [0.15, 0.2) is 0 Å². The van der Waals surface area contributed by atoms with Gasteiger partial charge in [0.05, 0.1) is 17.3 Å². The van der Waals surface area contributed by atoms with Crippen LogP contribution in [0, 0.1) is 5.82 Å². The van der Waals surface area contributed by atoms with Crippen molar-refractivity contribution in [2.45, 2.75) is 25.4 Å². The number of amides is 1. The summed E-state index contributed by atoms with van der Waals surface area (Å²) in [5.74, 6) is -0.404. The summed E-state index contributed by atoms with van der Waals surface area (Å²) in [4.78, 5) is 14.4. The Morgan fingerprint density at radius 2 is 1.88 bits per heavy atom. The normalized spacial score (nSPS) is 14.0. The van der Waals surface area contributed by atoms with Crippen LogP contribution in [0.15, 0.2) is 42.5 Å². The van der Waals surface area contributed by atoms with Crippen LogP contribution >= 0.6 is 23.2 Å². The number of hydrogen-bond acceptors (Lipinski definition) is 2. The minimum atomic E-state index is -0.259. The number of carbonyl (C=O) groups is 1. The van der Waals surface area contributed by atoms with Crippen LogP contribution in [0.2, 0.25) is 10.0 Å². The Morgan fingerprint density at radius 1 is 1.17 bits per heavy atom. The maximum atomic E-state index is 13.0. The smallest absolute Gasteiger partial charge is 0.238 e. The van der Waals surface area contributed by atoms with E-state index in [0.29, 0.717) is 28.3 Å². The van der Waals surface area contributed by atoms with Gasteiger partial charge in [0.25, 0.3) is 0 Å². The minimum Gasteiger partial charge on any atom is -0.324 e. The molecule has 126 valence electrons. The first-order valence-corrected chi connectivity index (χ1v) is 8.50. The first-order chi connectivity index (χ1) is 11.5. The SMILES string of the molecule is O=C(CN(Cc1ccc(F)cc1)C1CC1)Nc1cc(Cl)ccc1Cl. The molecule has 0 heterocycles. The number of benzene rings is 2. The van der Waals surface area contributed by atoms with E-state index in [4.69, 9.17) is 23.2 Å². The molecule has 1 saturated carbocycles. The van der Waals surface area contributed by atoms with Crippen molar-refractivity contribution in [1.82, 2.24) is 4.90 Å². The Kier molecular flexibility index (Phi) is 5.39. The van der Waals surface area contributed by atoms with Gasteiger partial charge in [-0.25, -0.2) is 4.39 Å². The number of nitrogens with one attached hydrogen (secondary N) is 1. The lowest BCUT2D eigenvalue weighted by Crippen LogP contribution is -2.34. The third-order valence-electron chi connectivity index (χ3n) is 3.91. The molecular weight excluding hydrogens is 350 g/mol. The minimum absolute atomic E-state index is 0.145. The van der Waals surface area contributed by atoms with Gasteiger partial charge in [-0.1, -0.05) is 35.3 Å². The van der Waals surface area contributed by atoms with Crippen molar-refractivity contribution in [2.75, 3.05) is 11.9 Å². The lowest BCUT2D eigenvalue weighted by molar-refractivity contribution is -0.117. The molecule has 1 N–H and O–H groups in total. The number of halogens is 3. The van der Waals surface area contributed by atoms with Gasteiger partial charge in [0.2, 0.25) is 5.91 Å². The van der Waals surface area contributed by atoms with E-state index in [9.17, 15) is 9.18 Å². The van der Waals surface area contributed by atoms with E-state index < -0.39 is 0 Å². The summed E-state index contributed by atoms with van der Waals surface area (Å²) >= 11 is 12.0. The fourth-order valence-corrected chi connectivity index (χ4v) is 2.88. The predicted molar refractivity (Wildman–Crippen MR) is 94.9 cm³/mol. The Morgan fingerprint density at radius 3 is 2.54 bits per heavy atom. The highest BCUT2D eigenvalue weighted by atomic mass is 35.5. The number of hydrogen-bond donors (Lipinski definition) is 1. The Balaban J connectivity index is 1.63. The molecule has 0 aromatic heterocycles. The quantitative estimate of drug-likeness (QED) is 0.800. The van der Waals surface area contributed by atoms with Gasteiger partial charge in [-0.15, -0.1) is 0 Å². The van der Waals surface area contributed by atoms with Crippen molar-refractivity contribution >= 4 is 34.8 Å². The highest BCUT2D eigenvalue weighted by Crippen LogP contribution is 2.29. The van der Waals surface area contributed by atoms with Crippen LogP contribution in [-0.2, 0) is 11.3 Å². The van der Waals surface area contributed by atoms with E-state index in [1.165, 1.54) is 12.1 Å². The monoisotopic (exact) mass is 366 g/mol. The second-order valence-electron chi connectivity index (χ2n) is 5.93. The summed E-state index contributed by atoms with van der Waals surface area (Å²) in [5, 5.41) is 3.76. The summed E-state index contributed by atoms with van der Waals surface area (Å²) in [6.07, 6.45) is 2.15. The molecule has 0 radical (unpaired) electrons. The molecular formula is C18H17Cl2FN2O. The molecule has 2 aromatic rings. The standard InChI is InChI=1S/C18H17Cl2FN2O/c19-13-3-8-16(20)17(9-13)22-18(24)11-23(15-6-7-15)10-12-1-4-14(21)5-2-12/h1-5,8-9,15H,6-7,10-11H2,(H,22,24). The van der Waals surface area contributed by atoms with E-state index in [1.54, 1.807) is 30.3 Å². The van der Waals surface area contributed by atoms with Gasteiger partial charge < -0.3 is 5.32 Å². The van der Waals surface area contributed by atoms with Crippen LogP contribution in [0.25, 0.3) is 0 Å². The molecule has 0 saturated heterocycles. The van der Waals surface area contributed by atoms with Crippen LogP contribution < -0.4 is 5.32 Å². The molecule has 3 rings (SSSR count). The number of rotatable bonds is 6. The molecule has 0 bridgehead atoms. The highest BCUT2D eigenvalue weighted by Gasteiger charge is 2.30. The largest absolute Gasteiger partial charge is 0.324 e. The topological polar surface area (TPSA) is 32.3 Å². The molecule has 0 unspecified atom stereocenters. The van der Waals surface area contributed by atoms with Gasteiger partial charge in [0, 0.05) is 17.6 Å². The first-order valence-electron chi connectivity index (χ1n) is 7.74. The van der Waals surface area contributed by atoms with E-state index in [2.05, 4.69) is 10.2 Å². The van der Waals surface area contributed by atoms with Crippen molar-refractivity contribution in [3.8, 4) is 0 Å². The van der Waals surface area contributed by atoms with Crippen molar-refractivity contribution in [1.29, 1.82) is 0 Å². The summed E-state index contributed by atoms with van der Waals surface area (Å²) in [7, 11) is 0. The molecule has 1 amide bonds. The molecule has 1 aliphatic carbocycles. The summed E-state index contributed by atoms with van der Waals surface area (Å²) in [6.45, 7) is 0.868. The number of carbonyl (C=O) groups excluding carboxylic acids is 1. The van der Waals surface area contributed by atoms with Crippen molar-refractivity contribution < 1.29 is 9.18 Å². The number of anilines is 1. The van der Waals surface area contributed by atoms with E-state index >= 15 is 0 Å². The second kappa shape index (κ2) is 7.51. The maximum Gasteiger partial charge on any atom is 0.238 e. The number of nitrogens with zero attached hydrogens (tertiary/aromatic N) is 1. The highest BCUT2D eigenvalue weighted by molar-refractivity contribution is 6.35. The molecule has 2 aromatic carbocycles. The molecule has 0 spiro atoms. The van der Waals surface area contributed by atoms with Crippen LogP contribution in [0.4, 0.5) is 10.1 Å². The van der Waals surface area contributed by atoms with Gasteiger partial charge >= 0.3 is 0 Å². The summed E-state index contributed by atoms with van der Waals surface area (Å²) in [6, 6.07) is 11.7. The molecule has 1 fully saturated rings. The average molecular weight is 367 g/mol. The van der Waals surface area contributed by atoms with E-state index in [1.807, 2.05) is 0 Å². The summed E-state index contributed by atoms with van der Waals surface area (Å²) < 4.78 is 13.0. The Bertz CT molecular complexity index is 732. The first kappa shape index (κ1) is 17.2.